The van der Waals surface area contributed by atoms with E-state index in [4.69, 9.17) is 10.8 Å². The van der Waals surface area contributed by atoms with Gasteiger partial charge in [-0.2, -0.15) is 0 Å². The summed E-state index contributed by atoms with van der Waals surface area (Å²) < 4.78 is 0. The predicted octanol–water partition coefficient (Wildman–Crippen LogP) is -0.949. The molecule has 0 aliphatic carbocycles. The lowest BCUT2D eigenvalue weighted by atomic mass is 10.1. The van der Waals surface area contributed by atoms with Crippen LogP contribution in [0, 0.1) is 0 Å². The van der Waals surface area contributed by atoms with E-state index < -0.39 is 23.9 Å². The molecule has 1 aliphatic heterocycles. The van der Waals surface area contributed by atoms with Crippen LogP contribution in [0.5, 0.6) is 0 Å². The largest absolute Gasteiger partial charge is 0.480 e. The number of carboxylic acid groups (broad SMARTS) is 1. The molecular formula is C12H22N4O4. The van der Waals surface area contributed by atoms with Crippen LogP contribution in [-0.4, -0.2) is 71.6 Å². The van der Waals surface area contributed by atoms with Crippen molar-refractivity contribution in [2.75, 3.05) is 26.7 Å². The van der Waals surface area contributed by atoms with E-state index in [0.717, 1.165) is 6.54 Å². The minimum atomic E-state index is -1.17. The molecule has 2 unspecified atom stereocenters. The summed E-state index contributed by atoms with van der Waals surface area (Å²) in [5.74, 6) is -1.75. The van der Waals surface area contributed by atoms with Crippen molar-refractivity contribution in [3.8, 4) is 0 Å². The van der Waals surface area contributed by atoms with Gasteiger partial charge in [-0.05, 0) is 20.4 Å². The molecule has 20 heavy (non-hydrogen) atoms. The number of nitrogens with one attached hydrogen (secondary N) is 1. The molecule has 8 heteroatoms. The lowest BCUT2D eigenvalue weighted by Gasteiger charge is -2.38. The molecule has 4 N–H and O–H groups in total. The Morgan fingerprint density at radius 3 is 2.55 bits per heavy atom. The number of likely N-dealkylation sites (N-methyl/N-ethyl adjacent to an activating group) is 1. The molecule has 2 atom stereocenters. The monoisotopic (exact) mass is 286 g/mol. The molecule has 0 aromatic rings. The number of carbonyl (C=O) groups is 3. The second-order valence-electron chi connectivity index (χ2n) is 5.12. The molecule has 3 amide bonds. The van der Waals surface area contributed by atoms with E-state index in [0.29, 0.717) is 13.1 Å². The highest BCUT2D eigenvalue weighted by atomic mass is 16.4. The Labute approximate surface area is 117 Å². The van der Waals surface area contributed by atoms with Crippen LogP contribution >= 0.6 is 0 Å². The van der Waals surface area contributed by atoms with Crippen LogP contribution in [0.2, 0.25) is 0 Å². The van der Waals surface area contributed by atoms with Gasteiger partial charge in [0.05, 0.1) is 0 Å². The predicted molar refractivity (Wildman–Crippen MR) is 72.0 cm³/mol. The molecule has 114 valence electrons. The van der Waals surface area contributed by atoms with Crippen LogP contribution in [0.3, 0.4) is 0 Å². The van der Waals surface area contributed by atoms with E-state index in [1.807, 2.05) is 14.0 Å². The van der Waals surface area contributed by atoms with Gasteiger partial charge in [0.25, 0.3) is 0 Å². The van der Waals surface area contributed by atoms with Crippen molar-refractivity contribution >= 4 is 17.9 Å². The van der Waals surface area contributed by atoms with E-state index in [1.165, 1.54) is 0 Å². The molecule has 1 saturated heterocycles. The zero-order valence-electron chi connectivity index (χ0n) is 11.8. The van der Waals surface area contributed by atoms with E-state index >= 15 is 0 Å². The molecule has 1 heterocycles. The Morgan fingerprint density at radius 2 is 2.05 bits per heavy atom. The average Bonchev–Trinajstić information content (AvgIpc) is 2.36. The van der Waals surface area contributed by atoms with Gasteiger partial charge in [0, 0.05) is 32.1 Å². The van der Waals surface area contributed by atoms with Crippen LogP contribution in [0.4, 0.5) is 4.79 Å². The van der Waals surface area contributed by atoms with Gasteiger partial charge >= 0.3 is 12.0 Å². The zero-order valence-corrected chi connectivity index (χ0v) is 11.8. The van der Waals surface area contributed by atoms with Crippen molar-refractivity contribution in [1.82, 2.24) is 15.1 Å². The van der Waals surface area contributed by atoms with Gasteiger partial charge in [0.15, 0.2) is 0 Å². The number of rotatable bonds is 5. The van der Waals surface area contributed by atoms with Crippen molar-refractivity contribution < 1.29 is 19.5 Å². The summed E-state index contributed by atoms with van der Waals surface area (Å²) in [5, 5.41) is 11.5. The minimum Gasteiger partial charge on any atom is -0.480 e. The number of urea groups is 1. The number of piperazine rings is 1. The summed E-state index contributed by atoms with van der Waals surface area (Å²) in [7, 11) is 1.98. The second kappa shape index (κ2) is 7.09. The fourth-order valence-electron chi connectivity index (χ4n) is 2.02. The Morgan fingerprint density at radius 1 is 1.40 bits per heavy atom. The molecule has 0 spiro atoms. The first kappa shape index (κ1) is 16.2. The summed E-state index contributed by atoms with van der Waals surface area (Å²) >= 11 is 0. The minimum absolute atomic E-state index is 0.000295. The van der Waals surface area contributed by atoms with Gasteiger partial charge in [-0.25, -0.2) is 9.59 Å². The summed E-state index contributed by atoms with van der Waals surface area (Å²) in [5.41, 5.74) is 4.99. The van der Waals surface area contributed by atoms with Gasteiger partial charge in [-0.1, -0.05) is 0 Å². The first-order valence-electron chi connectivity index (χ1n) is 6.58. The van der Waals surface area contributed by atoms with Gasteiger partial charge in [0.1, 0.15) is 6.04 Å². The highest BCUT2D eigenvalue weighted by Crippen LogP contribution is 2.08. The van der Waals surface area contributed by atoms with Crippen LogP contribution in [0.25, 0.3) is 0 Å². The third-order valence-electron chi connectivity index (χ3n) is 3.52. The van der Waals surface area contributed by atoms with Crippen LogP contribution in [0.15, 0.2) is 0 Å². The molecule has 0 aromatic carbocycles. The highest BCUT2D eigenvalue weighted by Gasteiger charge is 2.27. The number of nitrogens with two attached hydrogens (primary N) is 1. The van der Waals surface area contributed by atoms with Crippen molar-refractivity contribution in [3.05, 3.63) is 0 Å². The maximum Gasteiger partial charge on any atom is 0.326 e. The van der Waals surface area contributed by atoms with Crippen LogP contribution in [-0.2, 0) is 9.59 Å². The van der Waals surface area contributed by atoms with E-state index in [-0.39, 0.29) is 18.9 Å². The number of amides is 3. The smallest absolute Gasteiger partial charge is 0.326 e. The molecular weight excluding hydrogens is 264 g/mol. The Balaban J connectivity index is 2.53. The molecule has 8 nitrogen and oxygen atoms in total. The van der Waals surface area contributed by atoms with Gasteiger partial charge in [-0.3, -0.25) is 4.79 Å². The number of hydrogen-bond donors (Lipinski definition) is 3. The topological polar surface area (TPSA) is 116 Å². The standard InChI is InChI=1S/C12H22N4O4/c1-8-7-16(6-5-15(8)2)12(20)14-9(11(18)19)3-4-10(13)17/h8-9H,3-7H2,1-2H3,(H2,13,17)(H,14,20)(H,18,19). The molecule has 0 aromatic heterocycles. The molecule has 1 aliphatic rings. The van der Waals surface area contributed by atoms with Crippen LogP contribution in [0.1, 0.15) is 19.8 Å². The first-order valence-corrected chi connectivity index (χ1v) is 6.58. The zero-order chi connectivity index (χ0) is 15.3. The van der Waals surface area contributed by atoms with Gasteiger partial charge in [0.2, 0.25) is 5.91 Å². The van der Waals surface area contributed by atoms with Gasteiger partial charge in [-0.15, -0.1) is 0 Å². The maximum atomic E-state index is 12.0. The van der Waals surface area contributed by atoms with E-state index in [1.54, 1.807) is 4.90 Å². The summed E-state index contributed by atoms with van der Waals surface area (Å²) in [4.78, 5) is 37.5. The summed E-state index contributed by atoms with van der Waals surface area (Å²) in [6.45, 7) is 3.84. The molecule has 1 rings (SSSR count). The fourth-order valence-corrected chi connectivity index (χ4v) is 2.02. The molecule has 0 bridgehead atoms. The maximum absolute atomic E-state index is 12.0. The first-order chi connectivity index (χ1) is 9.31. The Hall–Kier alpha value is -1.83. The quantitative estimate of drug-likeness (QED) is 0.602. The Bertz CT molecular complexity index is 388. The molecule has 0 radical (unpaired) electrons. The third kappa shape index (κ3) is 4.69. The SMILES string of the molecule is CC1CN(C(=O)NC(CCC(N)=O)C(=O)O)CCN1C. The number of carboxylic acids is 1. The second-order valence-corrected chi connectivity index (χ2v) is 5.12. The average molecular weight is 286 g/mol. The van der Waals surface area contributed by atoms with Crippen molar-refractivity contribution in [2.45, 2.75) is 31.8 Å². The normalized spacial score (nSPS) is 21.3. The number of primary amides is 1. The molecule has 0 saturated carbocycles. The number of aliphatic carboxylic acids is 1. The third-order valence-corrected chi connectivity index (χ3v) is 3.52. The Kier molecular flexibility index (Phi) is 5.75. The number of nitrogens with zero attached hydrogens (tertiary/aromatic N) is 2. The van der Waals surface area contributed by atoms with E-state index in [9.17, 15) is 14.4 Å². The van der Waals surface area contributed by atoms with Crippen molar-refractivity contribution in [2.24, 2.45) is 5.73 Å². The lowest BCUT2D eigenvalue weighted by molar-refractivity contribution is -0.139. The lowest BCUT2D eigenvalue weighted by Crippen LogP contribution is -2.56. The fraction of sp³-hybridized carbons (Fsp3) is 0.750. The molecule has 1 fully saturated rings. The summed E-state index contributed by atoms with van der Waals surface area (Å²) in [6.07, 6.45) is -0.0733. The number of carbonyl (C=O) groups excluding carboxylic acids is 2. The summed E-state index contributed by atoms with van der Waals surface area (Å²) in [6, 6.07) is -1.28. The highest BCUT2D eigenvalue weighted by molar-refractivity contribution is 5.83. The van der Waals surface area contributed by atoms with Crippen molar-refractivity contribution in [3.63, 3.8) is 0 Å². The van der Waals surface area contributed by atoms with Crippen molar-refractivity contribution in [1.29, 1.82) is 0 Å². The number of hydrogen-bond acceptors (Lipinski definition) is 4. The van der Waals surface area contributed by atoms with E-state index in [2.05, 4.69) is 10.2 Å². The van der Waals surface area contributed by atoms with Gasteiger partial charge < -0.3 is 26.0 Å². The van der Waals surface area contributed by atoms with Crippen LogP contribution < -0.4 is 11.1 Å².